The normalized spacial score (nSPS) is 11.6. The number of carbonyl (C=O) groups excluding carboxylic acids is 1. The first-order valence-electron chi connectivity index (χ1n) is 10.7. The molecule has 9 heteroatoms. The molecule has 3 rings (SSSR count). The Morgan fingerprint density at radius 1 is 1.09 bits per heavy atom. The largest absolute Gasteiger partial charge is 0.489 e. The van der Waals surface area contributed by atoms with Gasteiger partial charge >= 0.3 is 0 Å². The lowest BCUT2D eigenvalue weighted by Crippen LogP contribution is -2.31. The van der Waals surface area contributed by atoms with Gasteiger partial charge in [-0.05, 0) is 56.7 Å². The average molecular weight is 472 g/mol. The Morgan fingerprint density at radius 3 is 2.45 bits per heavy atom. The van der Waals surface area contributed by atoms with Gasteiger partial charge in [-0.2, -0.15) is 4.31 Å². The Balaban J connectivity index is 1.77. The van der Waals surface area contributed by atoms with Crippen molar-refractivity contribution in [3.63, 3.8) is 0 Å². The van der Waals surface area contributed by atoms with Gasteiger partial charge in [-0.15, -0.1) is 0 Å². The minimum Gasteiger partial charge on any atom is -0.489 e. The summed E-state index contributed by atoms with van der Waals surface area (Å²) in [5, 5.41) is 6.69. The molecule has 3 aromatic rings. The maximum Gasteiger partial charge on any atom is 0.255 e. The molecule has 1 N–H and O–H groups in total. The van der Waals surface area contributed by atoms with Crippen molar-refractivity contribution in [2.24, 2.45) is 0 Å². The maximum atomic E-state index is 13.0. The van der Waals surface area contributed by atoms with E-state index in [9.17, 15) is 13.2 Å². The molecule has 0 fully saturated rings. The van der Waals surface area contributed by atoms with Gasteiger partial charge in [0.15, 0.2) is 0 Å². The SMILES string of the molecule is CCN(CC)S(=O)(=O)c1cc(NC(=O)c2cccc(OCc3c(C)noc3C)c2)ccc1C. The first-order chi connectivity index (χ1) is 15.7. The zero-order valence-electron chi connectivity index (χ0n) is 19.5. The van der Waals surface area contributed by atoms with Gasteiger partial charge in [-0.1, -0.05) is 31.1 Å². The molecule has 0 bridgehead atoms. The molecule has 0 atom stereocenters. The van der Waals surface area contributed by atoms with E-state index in [1.54, 1.807) is 57.2 Å². The summed E-state index contributed by atoms with van der Waals surface area (Å²) < 4.78 is 38.3. The molecule has 0 radical (unpaired) electrons. The lowest BCUT2D eigenvalue weighted by atomic mass is 10.1. The number of sulfonamides is 1. The molecule has 2 aromatic carbocycles. The lowest BCUT2D eigenvalue weighted by Gasteiger charge is -2.20. The highest BCUT2D eigenvalue weighted by Gasteiger charge is 2.24. The minimum absolute atomic E-state index is 0.181. The highest BCUT2D eigenvalue weighted by atomic mass is 32.2. The number of rotatable bonds is 9. The highest BCUT2D eigenvalue weighted by Crippen LogP contribution is 2.25. The number of benzene rings is 2. The first kappa shape index (κ1) is 24.5. The lowest BCUT2D eigenvalue weighted by molar-refractivity contribution is 0.102. The van der Waals surface area contributed by atoms with Crippen LogP contribution in [0.1, 0.15) is 46.8 Å². The van der Waals surface area contributed by atoms with E-state index in [1.165, 1.54) is 10.4 Å². The van der Waals surface area contributed by atoms with Crippen molar-refractivity contribution in [2.75, 3.05) is 18.4 Å². The summed E-state index contributed by atoms with van der Waals surface area (Å²) in [6.45, 7) is 10.0. The Hall–Kier alpha value is -3.17. The number of hydrogen-bond acceptors (Lipinski definition) is 6. The predicted octanol–water partition coefficient (Wildman–Crippen LogP) is 4.46. The average Bonchev–Trinajstić information content (AvgIpc) is 3.11. The number of ether oxygens (including phenoxy) is 1. The van der Waals surface area contributed by atoms with E-state index in [1.807, 2.05) is 13.8 Å². The standard InChI is InChI=1S/C24H29N3O5S/c1-6-27(7-2)33(29,30)23-14-20(12-11-16(23)3)25-24(28)19-9-8-10-21(13-19)31-15-22-17(4)26-32-18(22)5/h8-14H,6-7,15H2,1-5H3,(H,25,28). The van der Waals surface area contributed by atoms with E-state index in [-0.39, 0.29) is 17.4 Å². The maximum absolute atomic E-state index is 13.0. The number of nitrogens with one attached hydrogen (secondary N) is 1. The fourth-order valence-corrected chi connectivity index (χ4v) is 5.16. The summed E-state index contributed by atoms with van der Waals surface area (Å²) in [4.78, 5) is 13.0. The third-order valence-electron chi connectivity index (χ3n) is 5.43. The van der Waals surface area contributed by atoms with E-state index in [0.29, 0.717) is 41.4 Å². The molecular formula is C24H29N3O5S. The molecule has 0 aliphatic heterocycles. The number of carbonyl (C=O) groups is 1. The number of aryl methyl sites for hydroxylation is 3. The van der Waals surface area contributed by atoms with Gasteiger partial charge in [0, 0.05) is 24.3 Å². The summed E-state index contributed by atoms with van der Waals surface area (Å²) in [5.74, 6) is 0.848. The van der Waals surface area contributed by atoms with Crippen LogP contribution in [0.2, 0.25) is 0 Å². The Kier molecular flexibility index (Phi) is 7.55. The molecule has 0 saturated heterocycles. The second kappa shape index (κ2) is 10.2. The van der Waals surface area contributed by atoms with Crippen molar-refractivity contribution in [2.45, 2.75) is 46.1 Å². The Morgan fingerprint density at radius 2 is 1.82 bits per heavy atom. The van der Waals surface area contributed by atoms with E-state index in [2.05, 4.69) is 10.5 Å². The van der Waals surface area contributed by atoms with Crippen LogP contribution in [-0.4, -0.2) is 36.9 Å². The van der Waals surface area contributed by atoms with Crippen LogP contribution in [0, 0.1) is 20.8 Å². The molecule has 0 saturated carbocycles. The molecule has 1 amide bonds. The van der Waals surface area contributed by atoms with Crippen molar-refractivity contribution in [1.29, 1.82) is 0 Å². The fraction of sp³-hybridized carbons (Fsp3) is 0.333. The second-order valence-electron chi connectivity index (χ2n) is 7.64. The summed E-state index contributed by atoms with van der Waals surface area (Å²) >= 11 is 0. The summed E-state index contributed by atoms with van der Waals surface area (Å²) in [5.41, 5.74) is 3.04. The van der Waals surface area contributed by atoms with Crippen LogP contribution in [0.25, 0.3) is 0 Å². The molecule has 8 nitrogen and oxygen atoms in total. The molecular weight excluding hydrogens is 442 g/mol. The first-order valence-corrected chi connectivity index (χ1v) is 12.2. The van der Waals surface area contributed by atoms with Crippen LogP contribution < -0.4 is 10.1 Å². The Bertz CT molecular complexity index is 1230. The highest BCUT2D eigenvalue weighted by molar-refractivity contribution is 7.89. The van der Waals surface area contributed by atoms with Gasteiger partial charge in [-0.25, -0.2) is 8.42 Å². The fourth-order valence-electron chi connectivity index (χ4n) is 3.45. The third kappa shape index (κ3) is 5.43. The van der Waals surface area contributed by atoms with Crippen LogP contribution in [0.5, 0.6) is 5.75 Å². The smallest absolute Gasteiger partial charge is 0.255 e. The number of nitrogens with zero attached hydrogens (tertiary/aromatic N) is 2. The second-order valence-corrected chi connectivity index (χ2v) is 9.55. The van der Waals surface area contributed by atoms with Gasteiger partial charge in [0.2, 0.25) is 10.0 Å². The molecule has 1 heterocycles. The molecule has 0 aliphatic carbocycles. The van der Waals surface area contributed by atoms with Gasteiger partial charge in [0.1, 0.15) is 18.1 Å². The van der Waals surface area contributed by atoms with E-state index in [0.717, 1.165) is 11.3 Å². The van der Waals surface area contributed by atoms with Crippen molar-refractivity contribution in [3.05, 3.63) is 70.6 Å². The zero-order valence-corrected chi connectivity index (χ0v) is 20.3. The van der Waals surface area contributed by atoms with Crippen LogP contribution in [0.15, 0.2) is 51.9 Å². The van der Waals surface area contributed by atoms with Crippen molar-refractivity contribution in [1.82, 2.24) is 9.46 Å². The molecule has 0 aliphatic rings. The van der Waals surface area contributed by atoms with Crippen molar-refractivity contribution in [3.8, 4) is 5.75 Å². The summed E-state index contributed by atoms with van der Waals surface area (Å²) in [6.07, 6.45) is 0. The predicted molar refractivity (Wildman–Crippen MR) is 126 cm³/mol. The topological polar surface area (TPSA) is 102 Å². The monoisotopic (exact) mass is 471 g/mol. The Labute approximate surface area is 194 Å². The molecule has 0 unspecified atom stereocenters. The van der Waals surface area contributed by atoms with Crippen LogP contribution in [0.4, 0.5) is 5.69 Å². The van der Waals surface area contributed by atoms with Gasteiger partial charge in [-0.3, -0.25) is 4.79 Å². The number of aromatic nitrogens is 1. The minimum atomic E-state index is -3.65. The summed E-state index contributed by atoms with van der Waals surface area (Å²) in [6, 6.07) is 11.7. The van der Waals surface area contributed by atoms with E-state index >= 15 is 0 Å². The van der Waals surface area contributed by atoms with E-state index in [4.69, 9.17) is 9.26 Å². The van der Waals surface area contributed by atoms with E-state index < -0.39 is 10.0 Å². The van der Waals surface area contributed by atoms with Gasteiger partial charge in [0.05, 0.1) is 16.2 Å². The molecule has 0 spiro atoms. The number of anilines is 1. The van der Waals surface area contributed by atoms with Crippen LogP contribution in [-0.2, 0) is 16.6 Å². The van der Waals surface area contributed by atoms with Crippen LogP contribution >= 0.6 is 0 Å². The van der Waals surface area contributed by atoms with Gasteiger partial charge < -0.3 is 14.6 Å². The van der Waals surface area contributed by atoms with Gasteiger partial charge in [0.25, 0.3) is 5.91 Å². The molecule has 176 valence electrons. The summed E-state index contributed by atoms with van der Waals surface area (Å²) in [7, 11) is -3.65. The van der Waals surface area contributed by atoms with Crippen molar-refractivity contribution < 1.29 is 22.5 Å². The quantitative estimate of drug-likeness (QED) is 0.494. The van der Waals surface area contributed by atoms with Crippen LogP contribution in [0.3, 0.4) is 0 Å². The van der Waals surface area contributed by atoms with Crippen molar-refractivity contribution >= 4 is 21.6 Å². The zero-order chi connectivity index (χ0) is 24.2. The number of hydrogen-bond donors (Lipinski definition) is 1. The third-order valence-corrected chi connectivity index (χ3v) is 7.62. The molecule has 33 heavy (non-hydrogen) atoms. The number of amides is 1. The molecule has 1 aromatic heterocycles.